The summed E-state index contributed by atoms with van der Waals surface area (Å²) in [5.74, 6) is 0.771. The molecule has 0 aliphatic heterocycles. The number of amides is 1. The Kier molecular flexibility index (Phi) is 4.16. The van der Waals surface area contributed by atoms with Crippen LogP contribution in [0.25, 0.3) is 16.6 Å². The molecule has 0 radical (unpaired) electrons. The van der Waals surface area contributed by atoms with Gasteiger partial charge >= 0.3 is 0 Å². The molecular weight excluding hydrogens is 314 g/mol. The number of H-pyrrole nitrogens is 1. The molecule has 0 aliphatic carbocycles. The zero-order chi connectivity index (χ0) is 17.1. The number of benzene rings is 1. The Hall–Kier alpha value is -3.15. The van der Waals surface area contributed by atoms with Crippen molar-refractivity contribution in [3.05, 3.63) is 66.2 Å². The highest BCUT2D eigenvalue weighted by Gasteiger charge is 2.08. The first-order valence-electron chi connectivity index (χ1n) is 8.41. The topological polar surface area (TPSA) is 75.1 Å². The van der Waals surface area contributed by atoms with Gasteiger partial charge in [0.15, 0.2) is 11.5 Å². The molecule has 3 aromatic heterocycles. The molecular formula is C19H19N5O. The number of hydrogen-bond donors (Lipinski definition) is 2. The van der Waals surface area contributed by atoms with Crippen molar-refractivity contribution >= 4 is 22.5 Å². The standard InChI is InChI=1S/C19H19N5O/c25-19(21-13-18-23-22-17-9-3-4-11-24(17)18)10-5-6-14-12-20-16-8-2-1-7-15(14)16/h1-4,7-9,11-12,20H,5-6,10,13H2,(H,21,25). The van der Waals surface area contributed by atoms with Crippen LogP contribution in [0.2, 0.25) is 0 Å². The van der Waals surface area contributed by atoms with Crippen LogP contribution in [0, 0.1) is 0 Å². The number of nitrogens with zero attached hydrogens (tertiary/aromatic N) is 3. The van der Waals surface area contributed by atoms with Crippen LogP contribution in [0.4, 0.5) is 0 Å². The van der Waals surface area contributed by atoms with E-state index in [9.17, 15) is 4.79 Å². The number of para-hydroxylation sites is 1. The molecule has 0 spiro atoms. The van der Waals surface area contributed by atoms with Gasteiger partial charge in [-0.2, -0.15) is 0 Å². The van der Waals surface area contributed by atoms with Gasteiger partial charge in [0, 0.05) is 29.7 Å². The number of pyridine rings is 1. The first-order chi connectivity index (χ1) is 12.3. The van der Waals surface area contributed by atoms with Crippen molar-refractivity contribution in [2.75, 3.05) is 0 Å². The van der Waals surface area contributed by atoms with Gasteiger partial charge in [0.2, 0.25) is 5.91 Å². The summed E-state index contributed by atoms with van der Waals surface area (Å²) in [6.07, 6.45) is 6.12. The molecule has 0 fully saturated rings. The Morgan fingerprint density at radius 3 is 2.96 bits per heavy atom. The van der Waals surface area contributed by atoms with Gasteiger partial charge in [-0.15, -0.1) is 10.2 Å². The van der Waals surface area contributed by atoms with Crippen LogP contribution in [-0.4, -0.2) is 25.5 Å². The minimum Gasteiger partial charge on any atom is -0.361 e. The van der Waals surface area contributed by atoms with E-state index in [1.54, 1.807) is 0 Å². The maximum atomic E-state index is 12.1. The van der Waals surface area contributed by atoms with Crippen LogP contribution in [-0.2, 0) is 17.8 Å². The SMILES string of the molecule is O=C(CCCc1c[nH]c2ccccc12)NCc1nnc2ccccn12. The van der Waals surface area contributed by atoms with E-state index in [0.29, 0.717) is 13.0 Å². The minimum atomic E-state index is 0.0347. The van der Waals surface area contributed by atoms with Gasteiger partial charge in [0.1, 0.15) is 0 Å². The second-order valence-electron chi connectivity index (χ2n) is 6.03. The highest BCUT2D eigenvalue weighted by molar-refractivity contribution is 5.83. The second-order valence-corrected chi connectivity index (χ2v) is 6.03. The number of carbonyl (C=O) groups excluding carboxylic acids is 1. The molecule has 6 nitrogen and oxygen atoms in total. The van der Waals surface area contributed by atoms with Crippen LogP contribution in [0.3, 0.4) is 0 Å². The lowest BCUT2D eigenvalue weighted by Gasteiger charge is -2.04. The molecule has 6 heteroatoms. The summed E-state index contributed by atoms with van der Waals surface area (Å²) >= 11 is 0. The van der Waals surface area contributed by atoms with Crippen LogP contribution in [0.5, 0.6) is 0 Å². The number of rotatable bonds is 6. The van der Waals surface area contributed by atoms with Gasteiger partial charge in [0.05, 0.1) is 6.54 Å². The summed E-state index contributed by atoms with van der Waals surface area (Å²) in [6.45, 7) is 0.386. The van der Waals surface area contributed by atoms with Gasteiger partial charge in [-0.3, -0.25) is 9.20 Å². The van der Waals surface area contributed by atoms with Crippen molar-refractivity contribution in [1.29, 1.82) is 0 Å². The van der Waals surface area contributed by atoms with E-state index in [1.807, 2.05) is 47.1 Å². The maximum Gasteiger partial charge on any atom is 0.220 e. The highest BCUT2D eigenvalue weighted by Crippen LogP contribution is 2.19. The number of fused-ring (bicyclic) bond motifs is 2. The molecule has 0 saturated heterocycles. The van der Waals surface area contributed by atoms with Crippen LogP contribution in [0.1, 0.15) is 24.2 Å². The molecule has 1 amide bonds. The van der Waals surface area contributed by atoms with E-state index in [2.05, 4.69) is 32.6 Å². The lowest BCUT2D eigenvalue weighted by molar-refractivity contribution is -0.121. The Morgan fingerprint density at radius 2 is 2.00 bits per heavy atom. The summed E-state index contributed by atoms with van der Waals surface area (Å²) in [4.78, 5) is 15.4. The van der Waals surface area contributed by atoms with Crippen molar-refractivity contribution in [1.82, 2.24) is 24.9 Å². The fourth-order valence-electron chi connectivity index (χ4n) is 3.06. The van der Waals surface area contributed by atoms with Crippen LogP contribution >= 0.6 is 0 Å². The number of aryl methyl sites for hydroxylation is 1. The lowest BCUT2D eigenvalue weighted by atomic mass is 10.1. The minimum absolute atomic E-state index is 0.0347. The first-order valence-corrected chi connectivity index (χ1v) is 8.41. The third kappa shape index (κ3) is 3.24. The summed E-state index contributed by atoms with van der Waals surface area (Å²) in [5, 5.41) is 12.4. The molecule has 0 saturated carbocycles. The summed E-state index contributed by atoms with van der Waals surface area (Å²) in [6, 6.07) is 13.9. The van der Waals surface area contributed by atoms with E-state index < -0.39 is 0 Å². The first kappa shape index (κ1) is 15.4. The number of aromatic amines is 1. The predicted molar refractivity (Wildman–Crippen MR) is 96.1 cm³/mol. The zero-order valence-corrected chi connectivity index (χ0v) is 13.8. The molecule has 4 rings (SSSR count). The number of hydrogen-bond acceptors (Lipinski definition) is 3. The predicted octanol–water partition coefficient (Wildman–Crippen LogP) is 2.85. The third-order valence-electron chi connectivity index (χ3n) is 4.35. The normalized spacial score (nSPS) is 11.2. The van der Waals surface area contributed by atoms with E-state index in [-0.39, 0.29) is 5.91 Å². The van der Waals surface area contributed by atoms with Crippen molar-refractivity contribution in [2.45, 2.75) is 25.8 Å². The van der Waals surface area contributed by atoms with Gasteiger partial charge in [-0.05, 0) is 36.6 Å². The number of aromatic nitrogens is 4. The van der Waals surface area contributed by atoms with Crippen LogP contribution in [0.15, 0.2) is 54.9 Å². The van der Waals surface area contributed by atoms with Gasteiger partial charge < -0.3 is 10.3 Å². The highest BCUT2D eigenvalue weighted by atomic mass is 16.1. The van der Waals surface area contributed by atoms with Crippen molar-refractivity contribution in [3.63, 3.8) is 0 Å². The Morgan fingerprint density at radius 1 is 1.12 bits per heavy atom. The number of nitrogens with one attached hydrogen (secondary N) is 2. The molecule has 0 atom stereocenters. The van der Waals surface area contributed by atoms with Gasteiger partial charge in [0.25, 0.3) is 0 Å². The molecule has 1 aromatic carbocycles. The van der Waals surface area contributed by atoms with E-state index in [4.69, 9.17) is 0 Å². The molecule has 3 heterocycles. The summed E-state index contributed by atoms with van der Waals surface area (Å²) in [7, 11) is 0. The molecule has 126 valence electrons. The van der Waals surface area contributed by atoms with E-state index in [1.165, 1.54) is 10.9 Å². The number of carbonyl (C=O) groups is 1. The third-order valence-corrected chi connectivity index (χ3v) is 4.35. The zero-order valence-electron chi connectivity index (χ0n) is 13.8. The van der Waals surface area contributed by atoms with Crippen LogP contribution < -0.4 is 5.32 Å². The Balaban J connectivity index is 1.29. The fourth-order valence-corrected chi connectivity index (χ4v) is 3.06. The largest absolute Gasteiger partial charge is 0.361 e. The quantitative estimate of drug-likeness (QED) is 0.570. The molecule has 4 aromatic rings. The van der Waals surface area contributed by atoms with E-state index in [0.717, 1.165) is 29.8 Å². The van der Waals surface area contributed by atoms with Crippen molar-refractivity contribution < 1.29 is 4.79 Å². The van der Waals surface area contributed by atoms with Gasteiger partial charge in [-0.1, -0.05) is 24.3 Å². The van der Waals surface area contributed by atoms with Crippen molar-refractivity contribution in [2.24, 2.45) is 0 Å². The molecule has 0 aliphatic rings. The van der Waals surface area contributed by atoms with E-state index >= 15 is 0 Å². The molecule has 2 N–H and O–H groups in total. The second kappa shape index (κ2) is 6.76. The van der Waals surface area contributed by atoms with Gasteiger partial charge in [-0.25, -0.2) is 0 Å². The maximum absolute atomic E-state index is 12.1. The average Bonchev–Trinajstić information content (AvgIpc) is 3.24. The monoisotopic (exact) mass is 333 g/mol. The Labute approximate surface area is 144 Å². The fraction of sp³-hybridized carbons (Fsp3) is 0.211. The molecule has 25 heavy (non-hydrogen) atoms. The van der Waals surface area contributed by atoms with Crippen molar-refractivity contribution in [3.8, 4) is 0 Å². The lowest BCUT2D eigenvalue weighted by Crippen LogP contribution is -2.23. The smallest absolute Gasteiger partial charge is 0.220 e. The summed E-state index contributed by atoms with van der Waals surface area (Å²) < 4.78 is 1.88. The molecule has 0 bridgehead atoms. The summed E-state index contributed by atoms with van der Waals surface area (Å²) in [5.41, 5.74) is 3.18. The Bertz CT molecular complexity index is 1020. The molecule has 0 unspecified atom stereocenters. The average molecular weight is 333 g/mol.